The monoisotopic (exact) mass is 1310 g/mol. The van der Waals surface area contributed by atoms with E-state index in [1.807, 2.05) is 77.5 Å². The fourth-order valence-corrected chi connectivity index (χ4v) is 9.42. The lowest BCUT2D eigenvalue weighted by molar-refractivity contribution is -0.138. The first-order chi connectivity index (χ1) is 44.0. The number of aromatic nitrogens is 2. The van der Waals surface area contributed by atoms with Crippen LogP contribution >= 0.6 is 15.9 Å². The summed E-state index contributed by atoms with van der Waals surface area (Å²) in [6, 6.07) is 59.6. The molecule has 22 heteroatoms. The number of rotatable bonds is 11. The number of fused-ring (bicyclic) bond motifs is 3. The van der Waals surface area contributed by atoms with E-state index in [1.165, 1.54) is 29.8 Å². The summed E-state index contributed by atoms with van der Waals surface area (Å²) in [4.78, 5) is 24.6. The Hall–Kier alpha value is -11.6. The van der Waals surface area contributed by atoms with Crippen molar-refractivity contribution in [3.05, 3.63) is 274 Å². The molecule has 11 aromatic rings. The molecule has 12 nitrogen and oxygen atoms in total. The molecule has 1 aliphatic rings. The van der Waals surface area contributed by atoms with Gasteiger partial charge in [-0.2, -0.15) is 60.6 Å². The number of benzene rings is 9. The smallest absolute Gasteiger partial charge is 0.417 e. The van der Waals surface area contributed by atoms with Crippen molar-refractivity contribution < 1.29 is 68.1 Å². The minimum atomic E-state index is -4.64. The second-order valence-corrected chi connectivity index (χ2v) is 20.3. The predicted octanol–water partition coefficient (Wildman–Crippen LogP) is 19.4. The summed E-state index contributed by atoms with van der Waals surface area (Å²) in [5, 5.41) is 31.6. The second-order valence-electron chi connectivity index (χ2n) is 19.4. The van der Waals surface area contributed by atoms with Gasteiger partial charge >= 0.3 is 24.5 Å². The number of nitriles is 3. The van der Waals surface area contributed by atoms with Crippen molar-refractivity contribution in [1.29, 1.82) is 15.8 Å². The molecular formula is C70H43BrF9N6O6+. The van der Waals surface area contributed by atoms with Gasteiger partial charge in [0.25, 0.3) is 5.78 Å². The molecule has 0 fully saturated rings. The molecule has 0 spiro atoms. The van der Waals surface area contributed by atoms with E-state index in [1.54, 1.807) is 109 Å². The molecule has 0 bridgehead atoms. The van der Waals surface area contributed by atoms with Gasteiger partial charge in [0.05, 0.1) is 74.8 Å². The molecule has 92 heavy (non-hydrogen) atoms. The number of nitrogens with one attached hydrogen (secondary N) is 1. The number of Topliss-reactive ketones (excluding diaryl/α,β-unsaturated/α-hetero) is 1. The van der Waals surface area contributed by atoms with Crippen LogP contribution in [0.25, 0.3) is 39.3 Å². The van der Waals surface area contributed by atoms with Crippen LogP contribution in [0.2, 0.25) is 0 Å². The SMILES string of the molecule is CCOC(=O)C(=O)c1cn(-c2ccc(Oc3ccc(C(F)(F)F)c(C#N)c3)cc2)c2ccccc12.N#Cc1cc(Oc2ccc(-n3ccc4ccccc43)cc2)ccc1C(F)(F)F.N#Cc1cc(Oc2ccc(Br)cc2)ccc1C(F)(F)F.[C+]1=Cc2ccccc2N1. The Bertz CT molecular complexity index is 4660. The highest BCUT2D eigenvalue weighted by molar-refractivity contribution is 9.10. The van der Waals surface area contributed by atoms with Gasteiger partial charge in [-0.3, -0.25) is 4.79 Å². The summed E-state index contributed by atoms with van der Waals surface area (Å²) in [7, 11) is 0. The van der Waals surface area contributed by atoms with E-state index in [0.29, 0.717) is 33.8 Å². The van der Waals surface area contributed by atoms with Gasteiger partial charge in [-0.1, -0.05) is 52.3 Å². The number of carbonyl (C=O) groups excluding carboxylic acids is 2. The molecule has 0 saturated heterocycles. The zero-order chi connectivity index (χ0) is 65.7. The highest BCUT2D eigenvalue weighted by atomic mass is 79.9. The number of hydrogen-bond donors (Lipinski definition) is 1. The van der Waals surface area contributed by atoms with Crippen LogP contribution < -0.4 is 19.5 Å². The van der Waals surface area contributed by atoms with E-state index in [4.69, 9.17) is 34.7 Å². The first kappa shape index (κ1) is 64.8. The number of ether oxygens (including phenoxy) is 4. The van der Waals surface area contributed by atoms with Crippen LogP contribution in [0.15, 0.2) is 223 Å². The number of nitrogens with zero attached hydrogens (tertiary/aromatic N) is 5. The van der Waals surface area contributed by atoms with Crippen LogP contribution in [0, 0.1) is 40.2 Å². The van der Waals surface area contributed by atoms with Gasteiger partial charge < -0.3 is 28.1 Å². The van der Waals surface area contributed by atoms with Crippen molar-refractivity contribution in [2.75, 3.05) is 11.9 Å². The van der Waals surface area contributed by atoms with Crippen LogP contribution in [0.4, 0.5) is 45.2 Å². The third-order valence-electron chi connectivity index (χ3n) is 13.4. The number of carbonyl (C=O) groups is 2. The number of alkyl halides is 9. The lowest BCUT2D eigenvalue weighted by Crippen LogP contribution is -2.17. The van der Waals surface area contributed by atoms with Gasteiger partial charge in [0.2, 0.25) is 0 Å². The van der Waals surface area contributed by atoms with E-state index in [2.05, 4.69) is 33.5 Å². The van der Waals surface area contributed by atoms with E-state index < -0.39 is 63.7 Å². The van der Waals surface area contributed by atoms with Crippen molar-refractivity contribution in [2.45, 2.75) is 25.5 Å². The largest absolute Gasteiger partial charge is 0.460 e. The van der Waals surface area contributed by atoms with E-state index in [9.17, 15) is 49.1 Å². The topological polar surface area (TPSA) is 164 Å². The van der Waals surface area contributed by atoms with Crippen LogP contribution in [-0.2, 0) is 28.1 Å². The van der Waals surface area contributed by atoms with Crippen molar-refractivity contribution in [3.63, 3.8) is 0 Å². The molecular weight excluding hydrogens is 1270 g/mol. The Morgan fingerprint density at radius 1 is 0.511 bits per heavy atom. The first-order valence-corrected chi connectivity index (χ1v) is 28.0. The third kappa shape index (κ3) is 15.8. The molecule has 0 radical (unpaired) electrons. The second kappa shape index (κ2) is 28.2. The lowest BCUT2D eigenvalue weighted by atomic mass is 10.1. The van der Waals surface area contributed by atoms with Gasteiger partial charge in [-0.25, -0.2) is 4.79 Å². The molecule has 2 aromatic heterocycles. The van der Waals surface area contributed by atoms with Crippen molar-refractivity contribution in [2.24, 2.45) is 0 Å². The predicted molar refractivity (Wildman–Crippen MR) is 328 cm³/mol. The van der Waals surface area contributed by atoms with Crippen molar-refractivity contribution in [1.82, 2.24) is 9.13 Å². The Morgan fingerprint density at radius 3 is 1.40 bits per heavy atom. The zero-order valence-electron chi connectivity index (χ0n) is 47.5. The van der Waals surface area contributed by atoms with E-state index >= 15 is 0 Å². The van der Waals surface area contributed by atoms with Gasteiger partial charge in [0.1, 0.15) is 46.8 Å². The van der Waals surface area contributed by atoms with Gasteiger partial charge in [0, 0.05) is 45.8 Å². The Morgan fingerprint density at radius 2 is 0.935 bits per heavy atom. The molecule has 0 atom stereocenters. The maximum Gasteiger partial charge on any atom is 0.417 e. The fourth-order valence-electron chi connectivity index (χ4n) is 9.16. The maximum absolute atomic E-state index is 13.0. The Balaban J connectivity index is 0.000000156. The Kier molecular flexibility index (Phi) is 19.9. The zero-order valence-corrected chi connectivity index (χ0v) is 49.1. The number of para-hydroxylation sites is 3. The molecule has 0 unspecified atom stereocenters. The molecule has 1 aliphatic heterocycles. The molecule has 9 aromatic carbocycles. The summed E-state index contributed by atoms with van der Waals surface area (Å²) in [6.07, 6.45) is -5.40. The van der Waals surface area contributed by atoms with Crippen LogP contribution in [0.3, 0.4) is 0 Å². The summed E-state index contributed by atoms with van der Waals surface area (Å²) in [6.45, 7) is 1.70. The molecule has 0 saturated carbocycles. The normalized spacial score (nSPS) is 11.3. The maximum atomic E-state index is 13.0. The third-order valence-corrected chi connectivity index (χ3v) is 13.9. The quantitative estimate of drug-likeness (QED) is 0.0433. The number of halogens is 10. The number of anilines is 1. The van der Waals surface area contributed by atoms with Crippen LogP contribution in [0.5, 0.6) is 34.5 Å². The summed E-state index contributed by atoms with van der Waals surface area (Å²) >= 11 is 3.26. The number of hydrogen-bond acceptors (Lipinski definition) is 10. The summed E-state index contributed by atoms with van der Waals surface area (Å²) in [5.41, 5.74) is 1.46. The van der Waals surface area contributed by atoms with Crippen molar-refractivity contribution in [3.8, 4) is 64.1 Å². The van der Waals surface area contributed by atoms with Crippen molar-refractivity contribution >= 4 is 61.3 Å². The highest BCUT2D eigenvalue weighted by Gasteiger charge is 2.36. The molecule has 0 amide bonds. The molecule has 3 heterocycles. The minimum Gasteiger partial charge on any atom is -0.460 e. The average molecular weight is 1320 g/mol. The molecule has 12 rings (SSSR count). The lowest BCUT2D eigenvalue weighted by Gasteiger charge is -2.12. The standard InChI is InChI=1S/C26H17F3N2O4.C22H13F3N2O.C14H7BrF3NO.C8H6N/c1-2-34-25(33)24(32)21-15-31(23-6-4-3-5-20(21)23)17-7-9-18(10-8-17)35-19-11-12-22(26(27,28)29)16(13-19)14-30;23-22(24,25)20-10-9-19(13-16(20)14-26)28-18-7-5-17(6-8-18)27-12-11-15-3-1-2-4-21(15)27;15-10-1-3-11(4-2-10)20-12-5-6-13(14(16,17)18)9(7-12)8-19;1-2-4-8-7(3-1)5-6-9-8/h3-13,15H,2H2,1H3;1-13H;1-7H;1-5,9H/q;;;+1. The Labute approximate surface area is 527 Å². The van der Waals surface area contributed by atoms with Crippen LogP contribution in [-0.4, -0.2) is 27.5 Å². The number of ketones is 1. The van der Waals surface area contributed by atoms with Crippen LogP contribution in [0.1, 0.15) is 56.2 Å². The average Bonchev–Trinajstić information content (AvgIpc) is 1.62. The highest BCUT2D eigenvalue weighted by Crippen LogP contribution is 2.38. The first-order valence-electron chi connectivity index (χ1n) is 27.2. The molecule has 458 valence electrons. The van der Waals surface area contributed by atoms with E-state index in [-0.39, 0.29) is 29.4 Å². The van der Waals surface area contributed by atoms with Gasteiger partial charge in [0.15, 0.2) is 11.3 Å². The fraction of sp³-hybridized carbons (Fsp3) is 0.0714. The summed E-state index contributed by atoms with van der Waals surface area (Å²) in [5.74, 6) is -0.00111. The molecule has 0 aliphatic carbocycles. The minimum absolute atomic E-state index is 0.0797. The number of esters is 1. The van der Waals surface area contributed by atoms with E-state index in [0.717, 1.165) is 69.2 Å². The molecule has 1 N–H and O–H groups in total. The van der Waals surface area contributed by atoms with Gasteiger partial charge in [-0.05, 0) is 170 Å². The summed E-state index contributed by atoms with van der Waals surface area (Å²) < 4.78 is 142. The van der Waals surface area contributed by atoms with Gasteiger partial charge in [-0.15, -0.1) is 0 Å².